The summed E-state index contributed by atoms with van der Waals surface area (Å²) < 4.78 is 4.93. The van der Waals surface area contributed by atoms with Crippen LogP contribution in [0.15, 0.2) is 37.2 Å². The molecule has 11 heteroatoms. The van der Waals surface area contributed by atoms with Gasteiger partial charge in [0, 0.05) is 70.5 Å². The number of aromatic nitrogens is 4. The minimum Gasteiger partial charge on any atom is -0.466 e. The summed E-state index contributed by atoms with van der Waals surface area (Å²) in [5.74, 6) is 0.345. The zero-order valence-corrected chi connectivity index (χ0v) is 23.4. The first-order chi connectivity index (χ1) is 18.7. The SMILES string of the molecule is CC(=O)N1CCC(C(=O)Cc2ccncn2)CC1.CCOC(=O)C1CCN(C(C)=O)CC1.Cc1ccncn1. The van der Waals surface area contributed by atoms with E-state index >= 15 is 0 Å². The molecule has 2 aliphatic heterocycles. The summed E-state index contributed by atoms with van der Waals surface area (Å²) in [6.45, 7) is 10.0. The molecule has 4 rings (SSSR count). The Morgan fingerprint density at radius 1 is 0.821 bits per heavy atom. The van der Waals surface area contributed by atoms with E-state index in [0.29, 0.717) is 39.2 Å². The van der Waals surface area contributed by atoms with Gasteiger partial charge in [0.25, 0.3) is 0 Å². The molecule has 0 N–H and O–H groups in total. The van der Waals surface area contributed by atoms with Crippen LogP contribution in [0.25, 0.3) is 0 Å². The molecule has 0 spiro atoms. The number of hydrogen-bond donors (Lipinski definition) is 0. The van der Waals surface area contributed by atoms with Crippen molar-refractivity contribution >= 4 is 23.6 Å². The van der Waals surface area contributed by atoms with E-state index < -0.39 is 0 Å². The van der Waals surface area contributed by atoms with E-state index in [1.165, 1.54) is 12.7 Å². The Hall–Kier alpha value is -3.76. The Morgan fingerprint density at radius 2 is 1.33 bits per heavy atom. The zero-order chi connectivity index (χ0) is 28.6. The van der Waals surface area contributed by atoms with Gasteiger partial charge in [-0.3, -0.25) is 19.2 Å². The van der Waals surface area contributed by atoms with Gasteiger partial charge in [0.15, 0.2) is 0 Å². The largest absolute Gasteiger partial charge is 0.466 e. The van der Waals surface area contributed by atoms with Crippen LogP contribution >= 0.6 is 0 Å². The molecule has 2 saturated heterocycles. The second-order valence-electron chi connectivity index (χ2n) is 9.51. The van der Waals surface area contributed by atoms with E-state index in [1.807, 2.05) is 19.9 Å². The maximum atomic E-state index is 12.1. The van der Waals surface area contributed by atoms with Gasteiger partial charge in [0.2, 0.25) is 11.8 Å². The highest BCUT2D eigenvalue weighted by molar-refractivity contribution is 5.83. The average Bonchev–Trinajstić information content (AvgIpc) is 2.95. The molecule has 4 heterocycles. The fourth-order valence-corrected chi connectivity index (χ4v) is 4.31. The molecule has 0 aliphatic carbocycles. The van der Waals surface area contributed by atoms with Crippen LogP contribution in [0.3, 0.4) is 0 Å². The number of ketones is 1. The molecular weight excluding hydrogens is 500 g/mol. The fraction of sp³-hybridized carbons (Fsp3) is 0.571. The normalized spacial score (nSPS) is 15.7. The molecule has 0 saturated carbocycles. The van der Waals surface area contributed by atoms with E-state index in [2.05, 4.69) is 19.9 Å². The zero-order valence-electron chi connectivity index (χ0n) is 23.4. The number of ether oxygens (including phenoxy) is 1. The van der Waals surface area contributed by atoms with Gasteiger partial charge >= 0.3 is 5.97 Å². The Balaban J connectivity index is 0.000000224. The van der Waals surface area contributed by atoms with Gasteiger partial charge in [-0.1, -0.05) is 0 Å². The highest BCUT2D eigenvalue weighted by Crippen LogP contribution is 2.20. The molecule has 2 aliphatic rings. The van der Waals surface area contributed by atoms with Crippen LogP contribution in [-0.2, 0) is 30.3 Å². The third-order valence-electron chi connectivity index (χ3n) is 6.68. The first-order valence-electron chi connectivity index (χ1n) is 13.4. The molecule has 2 amide bonds. The smallest absolute Gasteiger partial charge is 0.309 e. The maximum Gasteiger partial charge on any atom is 0.309 e. The second-order valence-corrected chi connectivity index (χ2v) is 9.51. The van der Waals surface area contributed by atoms with Crippen molar-refractivity contribution in [3.05, 3.63) is 48.6 Å². The number of rotatable bonds is 5. The van der Waals surface area contributed by atoms with Crippen molar-refractivity contribution in [2.24, 2.45) is 11.8 Å². The lowest BCUT2D eigenvalue weighted by Gasteiger charge is -2.30. The van der Waals surface area contributed by atoms with Gasteiger partial charge in [-0.2, -0.15) is 0 Å². The fourth-order valence-electron chi connectivity index (χ4n) is 4.31. The van der Waals surface area contributed by atoms with Gasteiger partial charge in [-0.05, 0) is 51.7 Å². The van der Waals surface area contributed by atoms with Gasteiger partial charge in [0.1, 0.15) is 18.4 Å². The molecule has 0 atom stereocenters. The highest BCUT2D eigenvalue weighted by Gasteiger charge is 2.27. The quantitative estimate of drug-likeness (QED) is 0.524. The Labute approximate surface area is 230 Å². The number of aryl methyl sites for hydroxylation is 1. The lowest BCUT2D eigenvalue weighted by Crippen LogP contribution is -2.39. The number of amides is 2. The summed E-state index contributed by atoms with van der Waals surface area (Å²) in [4.78, 5) is 64.7. The summed E-state index contributed by atoms with van der Waals surface area (Å²) >= 11 is 0. The first kappa shape index (κ1) is 31.5. The molecule has 0 radical (unpaired) electrons. The number of carbonyl (C=O) groups excluding carboxylic acids is 4. The average molecular weight is 541 g/mol. The van der Waals surface area contributed by atoms with Crippen LogP contribution in [0.1, 0.15) is 57.8 Å². The molecule has 0 unspecified atom stereocenters. The molecule has 2 fully saturated rings. The van der Waals surface area contributed by atoms with Crippen LogP contribution in [0.2, 0.25) is 0 Å². The number of piperidine rings is 2. The van der Waals surface area contributed by atoms with E-state index in [4.69, 9.17) is 4.74 Å². The van der Waals surface area contributed by atoms with E-state index in [1.54, 1.807) is 42.1 Å². The topological polar surface area (TPSA) is 136 Å². The van der Waals surface area contributed by atoms with E-state index in [-0.39, 0.29) is 35.4 Å². The van der Waals surface area contributed by atoms with Crippen LogP contribution in [0.5, 0.6) is 0 Å². The molecular formula is C28H40N6O5. The van der Waals surface area contributed by atoms with E-state index in [0.717, 1.165) is 37.1 Å². The minimum absolute atomic E-state index is 0.00875. The van der Waals surface area contributed by atoms with Crippen molar-refractivity contribution in [1.29, 1.82) is 0 Å². The summed E-state index contributed by atoms with van der Waals surface area (Å²) in [6, 6.07) is 3.63. The minimum atomic E-state index is -0.115. The van der Waals surface area contributed by atoms with Gasteiger partial charge < -0.3 is 14.5 Å². The lowest BCUT2D eigenvalue weighted by atomic mass is 9.90. The standard InChI is InChI=1S/C13H17N3O2.C10H17NO3.C5H6N2/c1-10(17)16-6-3-11(4-7-16)13(18)8-12-2-5-14-9-15-12;1-3-14-10(13)9-4-6-11(7-5-9)8(2)12;1-5-2-3-6-4-7-5/h2,5,9,11H,3-4,6-8H2,1H3;9H,3-7H2,1-2H3;2-4H,1H3. The van der Waals surface area contributed by atoms with Crippen LogP contribution in [0.4, 0.5) is 0 Å². The number of likely N-dealkylation sites (tertiary alicyclic amines) is 2. The van der Waals surface area contributed by atoms with Crippen LogP contribution in [-0.4, -0.2) is 86.1 Å². The number of hydrogen-bond acceptors (Lipinski definition) is 9. The van der Waals surface area contributed by atoms with Crippen LogP contribution < -0.4 is 0 Å². The molecule has 11 nitrogen and oxygen atoms in total. The van der Waals surface area contributed by atoms with Crippen LogP contribution in [0, 0.1) is 18.8 Å². The molecule has 0 bridgehead atoms. The molecule has 0 aromatic carbocycles. The van der Waals surface area contributed by atoms with Gasteiger partial charge in [-0.25, -0.2) is 19.9 Å². The molecule has 39 heavy (non-hydrogen) atoms. The number of carbonyl (C=O) groups is 4. The van der Waals surface area contributed by atoms with Crippen molar-refractivity contribution in [2.75, 3.05) is 32.8 Å². The second kappa shape index (κ2) is 17.0. The Kier molecular flexibility index (Phi) is 13.7. The highest BCUT2D eigenvalue weighted by atomic mass is 16.5. The number of nitrogens with zero attached hydrogens (tertiary/aromatic N) is 6. The van der Waals surface area contributed by atoms with Crippen molar-refractivity contribution in [3.63, 3.8) is 0 Å². The Bertz CT molecular complexity index is 1040. The summed E-state index contributed by atoms with van der Waals surface area (Å²) in [7, 11) is 0. The summed E-state index contributed by atoms with van der Waals surface area (Å²) in [5, 5.41) is 0. The van der Waals surface area contributed by atoms with Crippen molar-refractivity contribution in [2.45, 2.75) is 59.8 Å². The number of esters is 1. The third kappa shape index (κ3) is 11.7. The Morgan fingerprint density at radius 3 is 1.72 bits per heavy atom. The van der Waals surface area contributed by atoms with Crippen molar-refractivity contribution < 1.29 is 23.9 Å². The predicted molar refractivity (Wildman–Crippen MR) is 144 cm³/mol. The van der Waals surface area contributed by atoms with Crippen molar-refractivity contribution in [3.8, 4) is 0 Å². The first-order valence-corrected chi connectivity index (χ1v) is 13.4. The summed E-state index contributed by atoms with van der Waals surface area (Å²) in [5.41, 5.74) is 1.78. The van der Waals surface area contributed by atoms with Gasteiger partial charge in [0.05, 0.1) is 18.2 Å². The molecule has 2 aromatic rings. The lowest BCUT2D eigenvalue weighted by molar-refractivity contribution is -0.151. The summed E-state index contributed by atoms with van der Waals surface area (Å²) in [6.07, 6.45) is 9.74. The predicted octanol–water partition coefficient (Wildman–Crippen LogP) is 2.44. The van der Waals surface area contributed by atoms with Gasteiger partial charge in [-0.15, -0.1) is 0 Å². The molecule has 2 aromatic heterocycles. The van der Waals surface area contributed by atoms with Crippen molar-refractivity contribution in [1.82, 2.24) is 29.7 Å². The number of Topliss-reactive ketones (excluding diaryl/α,β-unsaturated/α-hetero) is 1. The molecule has 212 valence electrons. The van der Waals surface area contributed by atoms with E-state index in [9.17, 15) is 19.2 Å². The maximum absolute atomic E-state index is 12.1. The monoisotopic (exact) mass is 540 g/mol. The third-order valence-corrected chi connectivity index (χ3v) is 6.68.